The summed E-state index contributed by atoms with van der Waals surface area (Å²) in [5.41, 5.74) is 4.16. The number of methoxy groups -OCH3 is 1. The lowest BCUT2D eigenvalue weighted by Gasteiger charge is -2.16. The smallest absolute Gasteiger partial charge is 0.306 e. The standard InChI is InChI=1S/C21H27N3O4S/c1-12-7-9-18(27-5)17(11-12)24-20(26)15(4)28-19(25)10-8-16-13(2)22-21(29-6)23-14(16)3/h7,9,11,15H,8,10H2,1-6H3,(H,24,26)/t15-/m1/s1. The fourth-order valence-corrected chi connectivity index (χ4v) is 3.31. The molecule has 0 spiro atoms. The Bertz CT molecular complexity index is 878. The Morgan fingerprint density at radius 3 is 2.41 bits per heavy atom. The molecule has 1 N–H and O–H groups in total. The lowest BCUT2D eigenvalue weighted by molar-refractivity contribution is -0.153. The minimum Gasteiger partial charge on any atom is -0.495 e. The highest BCUT2D eigenvalue weighted by Gasteiger charge is 2.20. The number of aryl methyl sites for hydroxylation is 3. The monoisotopic (exact) mass is 417 g/mol. The number of rotatable bonds is 8. The van der Waals surface area contributed by atoms with Crippen LogP contribution in [0.4, 0.5) is 5.69 Å². The van der Waals surface area contributed by atoms with Gasteiger partial charge in [0.15, 0.2) is 11.3 Å². The van der Waals surface area contributed by atoms with Crippen LogP contribution in [0.15, 0.2) is 23.4 Å². The Kier molecular flexibility index (Phi) is 8.01. The summed E-state index contributed by atoms with van der Waals surface area (Å²) in [6.07, 6.45) is 1.61. The largest absolute Gasteiger partial charge is 0.495 e. The van der Waals surface area contributed by atoms with Crippen LogP contribution in [-0.2, 0) is 20.7 Å². The SMILES string of the molecule is COc1ccc(C)cc1NC(=O)[C@@H](C)OC(=O)CCc1c(C)nc(SC)nc1C. The number of benzene rings is 1. The normalized spacial score (nSPS) is 11.7. The number of amides is 1. The molecule has 1 amide bonds. The quantitative estimate of drug-likeness (QED) is 0.398. The number of anilines is 1. The molecule has 0 aliphatic carbocycles. The topological polar surface area (TPSA) is 90.4 Å². The van der Waals surface area contributed by atoms with Crippen molar-refractivity contribution in [3.63, 3.8) is 0 Å². The second kappa shape index (κ2) is 10.2. The molecule has 0 bridgehead atoms. The third-order valence-electron chi connectivity index (χ3n) is 4.45. The Labute approximate surface area is 175 Å². The number of ether oxygens (including phenoxy) is 2. The van der Waals surface area contributed by atoms with Crippen molar-refractivity contribution < 1.29 is 19.1 Å². The molecule has 1 heterocycles. The number of thioether (sulfide) groups is 1. The highest BCUT2D eigenvalue weighted by atomic mass is 32.2. The first-order valence-electron chi connectivity index (χ1n) is 9.28. The maximum Gasteiger partial charge on any atom is 0.306 e. The lowest BCUT2D eigenvalue weighted by atomic mass is 10.1. The molecule has 0 fully saturated rings. The summed E-state index contributed by atoms with van der Waals surface area (Å²) >= 11 is 1.48. The van der Waals surface area contributed by atoms with Gasteiger partial charge in [-0.05, 0) is 63.6 Å². The van der Waals surface area contributed by atoms with E-state index in [1.165, 1.54) is 18.9 Å². The number of carbonyl (C=O) groups is 2. The van der Waals surface area contributed by atoms with Gasteiger partial charge < -0.3 is 14.8 Å². The lowest BCUT2D eigenvalue weighted by Crippen LogP contribution is -2.30. The summed E-state index contributed by atoms with van der Waals surface area (Å²) in [7, 11) is 1.53. The molecule has 1 aromatic carbocycles. The van der Waals surface area contributed by atoms with E-state index in [9.17, 15) is 9.59 Å². The van der Waals surface area contributed by atoms with Crippen LogP contribution in [0, 0.1) is 20.8 Å². The Morgan fingerprint density at radius 1 is 1.17 bits per heavy atom. The zero-order chi connectivity index (χ0) is 21.6. The molecule has 1 aromatic heterocycles. The zero-order valence-electron chi connectivity index (χ0n) is 17.7. The van der Waals surface area contributed by atoms with Crippen LogP contribution in [0.1, 0.15) is 35.9 Å². The van der Waals surface area contributed by atoms with Crippen molar-refractivity contribution in [2.45, 2.75) is 51.8 Å². The number of carbonyl (C=O) groups excluding carboxylic acids is 2. The van der Waals surface area contributed by atoms with Crippen LogP contribution >= 0.6 is 11.8 Å². The third kappa shape index (κ3) is 6.19. The van der Waals surface area contributed by atoms with Crippen molar-refractivity contribution in [3.8, 4) is 5.75 Å². The number of aromatic nitrogens is 2. The highest BCUT2D eigenvalue weighted by molar-refractivity contribution is 7.98. The van der Waals surface area contributed by atoms with Crippen molar-refractivity contribution in [2.24, 2.45) is 0 Å². The molecular formula is C21H27N3O4S. The van der Waals surface area contributed by atoms with Gasteiger partial charge in [-0.1, -0.05) is 17.8 Å². The maximum absolute atomic E-state index is 12.4. The Morgan fingerprint density at radius 2 is 1.83 bits per heavy atom. The van der Waals surface area contributed by atoms with Crippen molar-refractivity contribution in [3.05, 3.63) is 40.7 Å². The minimum atomic E-state index is -0.926. The number of hydrogen-bond acceptors (Lipinski definition) is 7. The first-order chi connectivity index (χ1) is 13.7. The molecule has 0 unspecified atom stereocenters. The first-order valence-corrected chi connectivity index (χ1v) is 10.5. The second-order valence-electron chi connectivity index (χ2n) is 6.68. The van der Waals surface area contributed by atoms with E-state index >= 15 is 0 Å². The van der Waals surface area contributed by atoms with E-state index in [0.29, 0.717) is 23.0 Å². The fourth-order valence-electron chi connectivity index (χ4n) is 2.85. The van der Waals surface area contributed by atoms with Crippen LogP contribution in [0.5, 0.6) is 5.75 Å². The number of nitrogens with one attached hydrogen (secondary N) is 1. The van der Waals surface area contributed by atoms with Crippen LogP contribution < -0.4 is 10.1 Å². The van der Waals surface area contributed by atoms with Crippen molar-refractivity contribution in [2.75, 3.05) is 18.7 Å². The van der Waals surface area contributed by atoms with E-state index < -0.39 is 18.0 Å². The van der Waals surface area contributed by atoms with Crippen molar-refractivity contribution >= 4 is 29.3 Å². The predicted molar refractivity (Wildman–Crippen MR) is 114 cm³/mol. The van der Waals surface area contributed by atoms with Crippen LogP contribution in [-0.4, -0.2) is 41.3 Å². The van der Waals surface area contributed by atoms with Crippen molar-refractivity contribution in [1.82, 2.24) is 9.97 Å². The summed E-state index contributed by atoms with van der Waals surface area (Å²) < 4.78 is 10.6. The van der Waals surface area contributed by atoms with E-state index in [4.69, 9.17) is 9.47 Å². The van der Waals surface area contributed by atoms with Gasteiger partial charge in [-0.2, -0.15) is 0 Å². The van der Waals surface area contributed by atoms with E-state index in [2.05, 4.69) is 15.3 Å². The fraction of sp³-hybridized carbons (Fsp3) is 0.429. The molecule has 0 radical (unpaired) electrons. The number of nitrogens with zero attached hydrogens (tertiary/aromatic N) is 2. The number of hydrogen-bond donors (Lipinski definition) is 1. The van der Waals surface area contributed by atoms with Gasteiger partial charge in [0.25, 0.3) is 5.91 Å². The van der Waals surface area contributed by atoms with E-state index in [1.54, 1.807) is 19.1 Å². The second-order valence-corrected chi connectivity index (χ2v) is 7.46. The van der Waals surface area contributed by atoms with Gasteiger partial charge in [-0.25, -0.2) is 9.97 Å². The van der Waals surface area contributed by atoms with Gasteiger partial charge in [0.2, 0.25) is 0 Å². The third-order valence-corrected chi connectivity index (χ3v) is 5.00. The van der Waals surface area contributed by atoms with E-state index in [1.807, 2.05) is 33.1 Å². The average Bonchev–Trinajstić information content (AvgIpc) is 2.67. The molecule has 8 heteroatoms. The highest BCUT2D eigenvalue weighted by Crippen LogP contribution is 2.25. The summed E-state index contributed by atoms with van der Waals surface area (Å²) in [5.74, 6) is -0.319. The van der Waals surface area contributed by atoms with Crippen LogP contribution in [0.3, 0.4) is 0 Å². The summed E-state index contributed by atoms with van der Waals surface area (Å²) in [4.78, 5) is 33.5. The molecule has 29 heavy (non-hydrogen) atoms. The van der Waals surface area contributed by atoms with Gasteiger partial charge in [-0.3, -0.25) is 9.59 Å². The van der Waals surface area contributed by atoms with Gasteiger partial charge in [0, 0.05) is 17.8 Å². The summed E-state index contributed by atoms with van der Waals surface area (Å²) in [6.45, 7) is 7.26. The van der Waals surface area contributed by atoms with Gasteiger partial charge in [0.05, 0.1) is 12.8 Å². The average molecular weight is 418 g/mol. The molecule has 0 aliphatic heterocycles. The molecule has 2 rings (SSSR count). The Hall–Kier alpha value is -2.61. The molecule has 156 valence electrons. The zero-order valence-corrected chi connectivity index (χ0v) is 18.5. The van der Waals surface area contributed by atoms with E-state index in [-0.39, 0.29) is 6.42 Å². The van der Waals surface area contributed by atoms with Crippen LogP contribution in [0.25, 0.3) is 0 Å². The molecular weight excluding hydrogens is 390 g/mol. The first kappa shape index (κ1) is 22.7. The molecule has 0 saturated heterocycles. The van der Waals surface area contributed by atoms with E-state index in [0.717, 1.165) is 22.5 Å². The van der Waals surface area contributed by atoms with Gasteiger partial charge >= 0.3 is 5.97 Å². The molecule has 0 saturated carbocycles. The summed E-state index contributed by atoms with van der Waals surface area (Å²) in [5, 5.41) is 3.46. The molecule has 0 aliphatic rings. The molecule has 1 atom stereocenters. The minimum absolute atomic E-state index is 0.148. The number of esters is 1. The summed E-state index contributed by atoms with van der Waals surface area (Å²) in [6, 6.07) is 5.46. The van der Waals surface area contributed by atoms with Crippen LogP contribution in [0.2, 0.25) is 0 Å². The molecule has 2 aromatic rings. The Balaban J connectivity index is 1.94. The van der Waals surface area contributed by atoms with Crippen molar-refractivity contribution in [1.29, 1.82) is 0 Å². The maximum atomic E-state index is 12.4. The van der Waals surface area contributed by atoms with Gasteiger partial charge in [0.1, 0.15) is 5.75 Å². The predicted octanol–water partition coefficient (Wildman–Crippen LogP) is 3.64. The van der Waals surface area contributed by atoms with Gasteiger partial charge in [-0.15, -0.1) is 0 Å². The molecule has 7 nitrogen and oxygen atoms in total.